The molecule has 3 unspecified atom stereocenters. The van der Waals surface area contributed by atoms with Crippen LogP contribution in [-0.2, 0) is 0 Å². The number of fused-ring (bicyclic) bond motifs is 1. The SMILES string of the molecule is CC1=C(c2cccc(O)c2)C(c2ccc(OCC(C)N3CCC(C)C3)cc2)Oc2ccc(OCCO)cc21. The summed E-state index contributed by atoms with van der Waals surface area (Å²) in [5.74, 6) is 3.25. The third-order valence-corrected chi connectivity index (χ3v) is 7.54. The molecule has 2 heterocycles. The molecule has 2 aliphatic rings. The third kappa shape index (κ3) is 5.66. The zero-order valence-electron chi connectivity index (χ0n) is 22.4. The van der Waals surface area contributed by atoms with Crippen molar-refractivity contribution < 1.29 is 24.4 Å². The van der Waals surface area contributed by atoms with Gasteiger partial charge in [-0.25, -0.2) is 0 Å². The van der Waals surface area contributed by atoms with Crippen LogP contribution in [0.4, 0.5) is 0 Å². The van der Waals surface area contributed by atoms with Crippen molar-refractivity contribution in [2.24, 2.45) is 5.92 Å². The number of hydrogen-bond donors (Lipinski definition) is 2. The van der Waals surface area contributed by atoms with Crippen molar-refractivity contribution >= 4 is 11.1 Å². The Labute approximate surface area is 225 Å². The molecular formula is C32H37NO5. The highest BCUT2D eigenvalue weighted by molar-refractivity contribution is 5.95. The summed E-state index contributed by atoms with van der Waals surface area (Å²) in [5, 5.41) is 19.4. The van der Waals surface area contributed by atoms with Crippen molar-refractivity contribution in [3.05, 3.63) is 83.4 Å². The first kappa shape index (κ1) is 26.1. The van der Waals surface area contributed by atoms with Crippen LogP contribution in [0.3, 0.4) is 0 Å². The molecule has 2 aliphatic heterocycles. The number of likely N-dealkylation sites (tertiary alicyclic amines) is 1. The average Bonchev–Trinajstić information content (AvgIpc) is 3.37. The van der Waals surface area contributed by atoms with Gasteiger partial charge >= 0.3 is 0 Å². The number of allylic oxidation sites excluding steroid dienone is 1. The molecule has 6 heteroatoms. The molecule has 0 radical (unpaired) electrons. The Bertz CT molecular complexity index is 1290. The molecule has 0 aromatic heterocycles. The Morgan fingerprint density at radius 2 is 1.82 bits per heavy atom. The lowest BCUT2D eigenvalue weighted by Gasteiger charge is -2.31. The monoisotopic (exact) mass is 515 g/mol. The van der Waals surface area contributed by atoms with E-state index in [0.29, 0.717) is 18.4 Å². The van der Waals surface area contributed by atoms with E-state index in [1.54, 1.807) is 12.1 Å². The number of benzene rings is 3. The second-order valence-electron chi connectivity index (χ2n) is 10.4. The minimum absolute atomic E-state index is 0.0465. The van der Waals surface area contributed by atoms with Gasteiger partial charge in [0.2, 0.25) is 0 Å². The molecule has 0 bridgehead atoms. The van der Waals surface area contributed by atoms with Gasteiger partial charge in [-0.2, -0.15) is 0 Å². The van der Waals surface area contributed by atoms with Gasteiger partial charge in [-0.15, -0.1) is 0 Å². The fraction of sp³-hybridized carbons (Fsp3) is 0.375. The van der Waals surface area contributed by atoms with Crippen molar-refractivity contribution in [1.29, 1.82) is 0 Å². The van der Waals surface area contributed by atoms with Gasteiger partial charge in [-0.1, -0.05) is 31.2 Å². The number of nitrogens with zero attached hydrogens (tertiary/aromatic N) is 1. The van der Waals surface area contributed by atoms with E-state index in [1.807, 2.05) is 42.5 Å². The summed E-state index contributed by atoms with van der Waals surface area (Å²) < 4.78 is 18.4. The number of phenolic OH excluding ortho intramolecular Hbond substituents is 1. The Kier molecular flexibility index (Phi) is 7.91. The molecule has 5 rings (SSSR count). The first-order valence-corrected chi connectivity index (χ1v) is 13.4. The summed E-state index contributed by atoms with van der Waals surface area (Å²) in [6.45, 7) is 9.74. The summed E-state index contributed by atoms with van der Waals surface area (Å²) >= 11 is 0. The van der Waals surface area contributed by atoms with Gasteiger partial charge in [-0.3, -0.25) is 4.90 Å². The third-order valence-electron chi connectivity index (χ3n) is 7.54. The molecule has 38 heavy (non-hydrogen) atoms. The van der Waals surface area contributed by atoms with Crippen LogP contribution in [0.15, 0.2) is 66.7 Å². The van der Waals surface area contributed by atoms with Crippen LogP contribution in [-0.4, -0.2) is 54.1 Å². The second-order valence-corrected chi connectivity index (χ2v) is 10.4. The van der Waals surface area contributed by atoms with Gasteiger partial charge in [0.15, 0.2) is 0 Å². The minimum atomic E-state index is -0.354. The number of phenols is 1. The molecular weight excluding hydrogens is 478 g/mol. The number of aliphatic hydroxyl groups is 1. The maximum Gasteiger partial charge on any atom is 0.150 e. The summed E-state index contributed by atoms with van der Waals surface area (Å²) in [6.07, 6.45) is 0.905. The summed E-state index contributed by atoms with van der Waals surface area (Å²) in [5.41, 5.74) is 4.86. The van der Waals surface area contributed by atoms with Crippen LogP contribution in [0.25, 0.3) is 11.1 Å². The lowest BCUT2D eigenvalue weighted by molar-refractivity contribution is 0.169. The zero-order chi connectivity index (χ0) is 26.6. The Balaban J connectivity index is 1.41. The standard InChI is InChI=1S/C32H37NO5/c1-21-13-14-33(19-21)22(2)20-37-27-9-7-24(8-10-27)32-31(25-5-4-6-26(35)17-25)23(3)29-18-28(36-16-15-34)11-12-30(29)38-32/h4-12,17-18,21-22,32,34-35H,13-16,19-20H2,1-3H3. The van der Waals surface area contributed by atoms with Crippen LogP contribution < -0.4 is 14.2 Å². The second kappa shape index (κ2) is 11.5. The van der Waals surface area contributed by atoms with E-state index in [-0.39, 0.29) is 25.1 Å². The van der Waals surface area contributed by atoms with Crippen molar-refractivity contribution in [1.82, 2.24) is 4.90 Å². The Hall–Kier alpha value is -3.48. The zero-order valence-corrected chi connectivity index (χ0v) is 22.4. The molecule has 6 nitrogen and oxygen atoms in total. The Morgan fingerprint density at radius 1 is 1.03 bits per heavy atom. The number of aromatic hydroxyl groups is 1. The molecule has 1 saturated heterocycles. The molecule has 2 N–H and O–H groups in total. The van der Waals surface area contributed by atoms with Crippen molar-refractivity contribution in [3.8, 4) is 23.0 Å². The quantitative estimate of drug-likeness (QED) is 0.368. The molecule has 3 atom stereocenters. The first-order valence-electron chi connectivity index (χ1n) is 13.4. The van der Waals surface area contributed by atoms with Gasteiger partial charge in [0.05, 0.1) is 6.61 Å². The van der Waals surface area contributed by atoms with E-state index in [1.165, 1.54) is 6.42 Å². The number of hydrogen-bond acceptors (Lipinski definition) is 6. The highest BCUT2D eigenvalue weighted by atomic mass is 16.5. The number of rotatable bonds is 9. The maximum atomic E-state index is 10.2. The van der Waals surface area contributed by atoms with Crippen LogP contribution in [0.1, 0.15) is 50.0 Å². The molecule has 0 saturated carbocycles. The normalized spacial score (nSPS) is 20.1. The van der Waals surface area contributed by atoms with Crippen LogP contribution in [0.2, 0.25) is 0 Å². The predicted molar refractivity (Wildman–Crippen MR) is 150 cm³/mol. The largest absolute Gasteiger partial charge is 0.508 e. The Morgan fingerprint density at radius 3 is 2.53 bits per heavy atom. The summed E-state index contributed by atoms with van der Waals surface area (Å²) in [6, 6.07) is 21.5. The predicted octanol–water partition coefficient (Wildman–Crippen LogP) is 5.94. The molecule has 1 fully saturated rings. The maximum absolute atomic E-state index is 10.2. The van der Waals surface area contributed by atoms with E-state index in [0.717, 1.165) is 58.3 Å². The smallest absolute Gasteiger partial charge is 0.150 e. The topological polar surface area (TPSA) is 71.4 Å². The van der Waals surface area contributed by atoms with E-state index >= 15 is 0 Å². The lowest BCUT2D eigenvalue weighted by atomic mass is 9.86. The molecule has 3 aromatic rings. The van der Waals surface area contributed by atoms with Crippen LogP contribution >= 0.6 is 0 Å². The number of ether oxygens (including phenoxy) is 3. The highest BCUT2D eigenvalue weighted by Crippen LogP contribution is 2.47. The molecule has 3 aromatic carbocycles. The average molecular weight is 516 g/mol. The fourth-order valence-corrected chi connectivity index (χ4v) is 5.39. The molecule has 0 amide bonds. The van der Waals surface area contributed by atoms with E-state index in [4.69, 9.17) is 19.3 Å². The molecule has 0 aliphatic carbocycles. The highest BCUT2D eigenvalue weighted by Gasteiger charge is 2.30. The van der Waals surface area contributed by atoms with Gasteiger partial charge in [0, 0.05) is 23.7 Å². The first-order chi connectivity index (χ1) is 18.4. The number of aliphatic hydroxyl groups excluding tert-OH is 1. The van der Waals surface area contributed by atoms with E-state index in [2.05, 4.69) is 37.8 Å². The lowest BCUT2D eigenvalue weighted by Crippen LogP contribution is -2.35. The van der Waals surface area contributed by atoms with Crippen molar-refractivity contribution in [2.75, 3.05) is 32.9 Å². The van der Waals surface area contributed by atoms with Gasteiger partial charge < -0.3 is 24.4 Å². The van der Waals surface area contributed by atoms with Gasteiger partial charge in [-0.05, 0) is 91.9 Å². The molecule has 200 valence electrons. The van der Waals surface area contributed by atoms with Crippen LogP contribution in [0, 0.1) is 5.92 Å². The van der Waals surface area contributed by atoms with E-state index < -0.39 is 0 Å². The van der Waals surface area contributed by atoms with Crippen molar-refractivity contribution in [2.45, 2.75) is 39.3 Å². The van der Waals surface area contributed by atoms with E-state index in [9.17, 15) is 5.11 Å². The summed E-state index contributed by atoms with van der Waals surface area (Å²) in [7, 11) is 0. The van der Waals surface area contributed by atoms with Crippen LogP contribution in [0.5, 0.6) is 23.0 Å². The minimum Gasteiger partial charge on any atom is -0.508 e. The summed E-state index contributed by atoms with van der Waals surface area (Å²) in [4.78, 5) is 2.50. The van der Waals surface area contributed by atoms with Gasteiger partial charge in [0.1, 0.15) is 42.3 Å². The molecule has 0 spiro atoms. The van der Waals surface area contributed by atoms with Gasteiger partial charge in [0.25, 0.3) is 0 Å². The fourth-order valence-electron chi connectivity index (χ4n) is 5.39. The van der Waals surface area contributed by atoms with Crippen molar-refractivity contribution in [3.63, 3.8) is 0 Å².